The highest BCUT2D eigenvalue weighted by atomic mass is 35.5. The first-order valence-corrected chi connectivity index (χ1v) is 9.93. The van der Waals surface area contributed by atoms with Gasteiger partial charge in [0.2, 0.25) is 10.0 Å². The fraction of sp³-hybridized carbons (Fsp3) is 0.625. The predicted octanol–water partition coefficient (Wildman–Crippen LogP) is 1.87. The third-order valence-electron chi connectivity index (χ3n) is 4.10. The molecule has 0 unspecified atom stereocenters. The molecule has 0 aromatic heterocycles. The lowest BCUT2D eigenvalue weighted by Crippen LogP contribution is -2.49. The molecule has 0 spiro atoms. The molecule has 1 fully saturated rings. The van der Waals surface area contributed by atoms with Gasteiger partial charge in [-0.15, -0.1) is 0 Å². The van der Waals surface area contributed by atoms with Crippen molar-refractivity contribution in [1.82, 2.24) is 9.21 Å². The average molecular weight is 361 g/mol. The first-order chi connectivity index (χ1) is 11.0. The zero-order valence-corrected chi connectivity index (χ0v) is 15.2. The molecule has 1 heterocycles. The highest BCUT2D eigenvalue weighted by Gasteiger charge is 2.26. The predicted molar refractivity (Wildman–Crippen MR) is 93.4 cm³/mol. The normalized spacial score (nSPS) is 17.5. The maximum atomic E-state index is 12.1. The topological polar surface area (TPSA) is 49.9 Å². The van der Waals surface area contributed by atoms with Gasteiger partial charge in [-0.2, -0.15) is 4.31 Å². The van der Waals surface area contributed by atoms with Gasteiger partial charge in [0.05, 0.1) is 12.4 Å². The van der Waals surface area contributed by atoms with E-state index in [2.05, 4.69) is 11.0 Å². The molecule has 0 atom stereocenters. The zero-order chi connectivity index (χ0) is 16.7. The van der Waals surface area contributed by atoms with E-state index in [4.69, 9.17) is 16.3 Å². The van der Waals surface area contributed by atoms with Crippen LogP contribution in [-0.2, 0) is 21.2 Å². The summed E-state index contributed by atoms with van der Waals surface area (Å²) in [6.45, 7) is 3.97. The lowest BCUT2D eigenvalue weighted by molar-refractivity contribution is 0.183. The first kappa shape index (κ1) is 18.7. The van der Waals surface area contributed by atoms with Crippen LogP contribution in [0.15, 0.2) is 24.3 Å². The molecule has 7 heteroatoms. The standard InChI is InChI=1S/C16H25ClN2O3S/c1-22-12-13-23(20,21)19-10-8-18(9-11-19)7-3-5-15-4-2-6-16(17)14-15/h2,4,6,14H,3,5,7-13H2,1H3. The molecule has 1 aromatic carbocycles. The molecule has 2 rings (SSSR count). The Bertz CT molecular complexity index is 587. The Morgan fingerprint density at radius 1 is 1.22 bits per heavy atom. The molecule has 1 saturated heterocycles. The van der Waals surface area contributed by atoms with Crippen LogP contribution in [0.2, 0.25) is 5.02 Å². The maximum absolute atomic E-state index is 12.1. The smallest absolute Gasteiger partial charge is 0.216 e. The van der Waals surface area contributed by atoms with Gasteiger partial charge >= 0.3 is 0 Å². The number of methoxy groups -OCH3 is 1. The quantitative estimate of drug-likeness (QED) is 0.710. The molecule has 23 heavy (non-hydrogen) atoms. The van der Waals surface area contributed by atoms with Crippen molar-refractivity contribution in [1.29, 1.82) is 0 Å². The van der Waals surface area contributed by atoms with E-state index in [1.165, 1.54) is 12.7 Å². The number of nitrogens with zero attached hydrogens (tertiary/aromatic N) is 2. The number of hydrogen-bond acceptors (Lipinski definition) is 4. The van der Waals surface area contributed by atoms with Gasteiger partial charge in [-0.25, -0.2) is 8.42 Å². The molecule has 5 nitrogen and oxygen atoms in total. The van der Waals surface area contributed by atoms with Crippen molar-refractivity contribution in [3.63, 3.8) is 0 Å². The Morgan fingerprint density at radius 2 is 1.96 bits per heavy atom. The number of hydrogen-bond donors (Lipinski definition) is 0. The maximum Gasteiger partial charge on any atom is 0.216 e. The molecule has 0 N–H and O–H groups in total. The van der Waals surface area contributed by atoms with Crippen LogP contribution in [0.4, 0.5) is 0 Å². The molecule has 0 radical (unpaired) electrons. The van der Waals surface area contributed by atoms with E-state index in [0.29, 0.717) is 13.1 Å². The molecule has 130 valence electrons. The highest BCUT2D eigenvalue weighted by molar-refractivity contribution is 7.89. The van der Waals surface area contributed by atoms with Crippen molar-refractivity contribution in [2.75, 3.05) is 52.2 Å². The highest BCUT2D eigenvalue weighted by Crippen LogP contribution is 2.13. The van der Waals surface area contributed by atoms with Crippen molar-refractivity contribution in [3.05, 3.63) is 34.9 Å². The Labute approximate surface area is 144 Å². The van der Waals surface area contributed by atoms with Crippen LogP contribution in [0.3, 0.4) is 0 Å². The summed E-state index contributed by atoms with van der Waals surface area (Å²) in [5.74, 6) is 0.0677. The summed E-state index contributed by atoms with van der Waals surface area (Å²) < 4.78 is 30.6. The van der Waals surface area contributed by atoms with Crippen molar-refractivity contribution in [3.8, 4) is 0 Å². The summed E-state index contributed by atoms with van der Waals surface area (Å²) in [5.41, 5.74) is 1.25. The fourth-order valence-electron chi connectivity index (χ4n) is 2.75. The Balaban J connectivity index is 1.70. The first-order valence-electron chi connectivity index (χ1n) is 7.95. The van der Waals surface area contributed by atoms with Crippen LogP contribution < -0.4 is 0 Å². The molecule has 1 aliphatic rings. The third-order valence-corrected chi connectivity index (χ3v) is 6.17. The van der Waals surface area contributed by atoms with Crippen LogP contribution in [0.25, 0.3) is 0 Å². The van der Waals surface area contributed by atoms with Gasteiger partial charge in [-0.1, -0.05) is 23.7 Å². The Kier molecular flexibility index (Phi) is 7.30. The second-order valence-corrected chi connectivity index (χ2v) is 8.31. The lowest BCUT2D eigenvalue weighted by atomic mass is 10.1. The van der Waals surface area contributed by atoms with Gasteiger partial charge in [0, 0.05) is 38.3 Å². The second-order valence-electron chi connectivity index (χ2n) is 5.78. The lowest BCUT2D eigenvalue weighted by Gasteiger charge is -2.33. The number of sulfonamides is 1. The summed E-state index contributed by atoms with van der Waals surface area (Å²) >= 11 is 5.99. The summed E-state index contributed by atoms with van der Waals surface area (Å²) in [5, 5.41) is 0.775. The van der Waals surface area contributed by atoms with Gasteiger partial charge in [-0.05, 0) is 37.1 Å². The molecular formula is C16H25ClN2O3S. The minimum atomic E-state index is -3.17. The van der Waals surface area contributed by atoms with Crippen LogP contribution in [0, 0.1) is 0 Å². The van der Waals surface area contributed by atoms with Crippen molar-refractivity contribution in [2.45, 2.75) is 12.8 Å². The van der Waals surface area contributed by atoms with Crippen molar-refractivity contribution < 1.29 is 13.2 Å². The van der Waals surface area contributed by atoms with Crippen LogP contribution >= 0.6 is 11.6 Å². The van der Waals surface area contributed by atoms with E-state index in [1.54, 1.807) is 4.31 Å². The van der Waals surface area contributed by atoms with E-state index in [0.717, 1.165) is 37.5 Å². The van der Waals surface area contributed by atoms with Crippen LogP contribution in [-0.4, -0.2) is 69.8 Å². The van der Waals surface area contributed by atoms with Crippen LogP contribution in [0.1, 0.15) is 12.0 Å². The van der Waals surface area contributed by atoms with E-state index in [9.17, 15) is 8.42 Å². The third kappa shape index (κ3) is 6.04. The molecule has 1 aromatic rings. The number of rotatable bonds is 8. The minimum Gasteiger partial charge on any atom is -0.384 e. The monoisotopic (exact) mass is 360 g/mol. The molecule has 1 aliphatic heterocycles. The van der Waals surface area contributed by atoms with Crippen molar-refractivity contribution in [2.24, 2.45) is 0 Å². The second kappa shape index (κ2) is 8.99. The average Bonchev–Trinajstić information content (AvgIpc) is 2.54. The summed E-state index contributed by atoms with van der Waals surface area (Å²) in [7, 11) is -1.65. The molecule has 0 aliphatic carbocycles. The zero-order valence-electron chi connectivity index (χ0n) is 13.6. The molecular weight excluding hydrogens is 336 g/mol. The SMILES string of the molecule is COCCS(=O)(=O)N1CCN(CCCc2cccc(Cl)c2)CC1. The summed E-state index contributed by atoms with van der Waals surface area (Å²) in [6.07, 6.45) is 2.05. The van der Waals surface area contributed by atoms with Gasteiger partial charge in [-0.3, -0.25) is 0 Å². The van der Waals surface area contributed by atoms with E-state index in [-0.39, 0.29) is 12.4 Å². The number of benzene rings is 1. The number of aryl methyl sites for hydroxylation is 1. The van der Waals surface area contributed by atoms with Gasteiger partial charge in [0.25, 0.3) is 0 Å². The van der Waals surface area contributed by atoms with Crippen molar-refractivity contribution >= 4 is 21.6 Å². The minimum absolute atomic E-state index is 0.0677. The van der Waals surface area contributed by atoms with E-state index < -0.39 is 10.0 Å². The fourth-order valence-corrected chi connectivity index (χ4v) is 4.32. The van der Waals surface area contributed by atoms with E-state index in [1.807, 2.05) is 18.2 Å². The van der Waals surface area contributed by atoms with Gasteiger partial charge in [0.15, 0.2) is 0 Å². The molecule has 0 bridgehead atoms. The molecule has 0 amide bonds. The van der Waals surface area contributed by atoms with Gasteiger partial charge < -0.3 is 9.64 Å². The summed E-state index contributed by atoms with van der Waals surface area (Å²) in [6, 6.07) is 7.95. The largest absolute Gasteiger partial charge is 0.384 e. The summed E-state index contributed by atoms with van der Waals surface area (Å²) in [4.78, 5) is 2.33. The Hall–Kier alpha value is -0.660. The van der Waals surface area contributed by atoms with Gasteiger partial charge in [0.1, 0.15) is 0 Å². The Morgan fingerprint density at radius 3 is 2.61 bits per heavy atom. The van der Waals surface area contributed by atoms with E-state index >= 15 is 0 Å². The molecule has 0 saturated carbocycles. The van der Waals surface area contributed by atoms with Crippen LogP contribution in [0.5, 0.6) is 0 Å². The number of piperazine rings is 1. The number of ether oxygens (including phenoxy) is 1. The number of halogens is 1.